The van der Waals surface area contributed by atoms with E-state index in [9.17, 15) is 22.8 Å². The fourth-order valence-corrected chi connectivity index (χ4v) is 4.76. The highest BCUT2D eigenvalue weighted by Crippen LogP contribution is 2.31. The van der Waals surface area contributed by atoms with E-state index in [0.717, 1.165) is 49.9 Å². The molecule has 2 aromatic rings. The molecule has 2 fully saturated rings. The van der Waals surface area contributed by atoms with Crippen molar-refractivity contribution in [2.75, 3.05) is 19.6 Å². The smallest absolute Gasteiger partial charge is 0.347 e. The predicted molar refractivity (Wildman–Crippen MR) is 90.4 cm³/mol. The van der Waals surface area contributed by atoms with Crippen molar-refractivity contribution in [1.29, 1.82) is 0 Å². The van der Waals surface area contributed by atoms with Crippen molar-refractivity contribution in [2.24, 2.45) is 5.92 Å². The van der Waals surface area contributed by atoms with Crippen LogP contribution in [0.25, 0.3) is 10.1 Å². The SMILES string of the molecule is O=C(NC1CC2CCN(C2)C1)c1cc2sc(C(=O)C(F)(F)F)cc2cn1. The molecule has 4 rings (SSSR count). The number of hydrogen-bond donors (Lipinski definition) is 1. The molecule has 0 spiro atoms. The number of hydrogen-bond acceptors (Lipinski definition) is 5. The van der Waals surface area contributed by atoms with E-state index in [0.29, 0.717) is 16.0 Å². The minimum absolute atomic E-state index is 0.0620. The lowest BCUT2D eigenvalue weighted by molar-refractivity contribution is -0.0882. The maximum Gasteiger partial charge on any atom is 0.455 e. The molecule has 9 heteroatoms. The van der Waals surface area contributed by atoms with Crippen LogP contribution in [0.3, 0.4) is 0 Å². The molecule has 4 heterocycles. The van der Waals surface area contributed by atoms with E-state index in [4.69, 9.17) is 0 Å². The van der Waals surface area contributed by atoms with E-state index in [-0.39, 0.29) is 17.6 Å². The lowest BCUT2D eigenvalue weighted by Crippen LogP contribution is -2.47. The molecule has 26 heavy (non-hydrogen) atoms. The molecule has 0 radical (unpaired) electrons. The van der Waals surface area contributed by atoms with Crippen LogP contribution in [0.5, 0.6) is 0 Å². The summed E-state index contributed by atoms with van der Waals surface area (Å²) in [6, 6.07) is 2.67. The summed E-state index contributed by atoms with van der Waals surface area (Å²) >= 11 is 0.723. The molecule has 3 unspecified atom stereocenters. The van der Waals surface area contributed by atoms with E-state index < -0.39 is 16.8 Å². The molecule has 1 amide bonds. The number of aromatic nitrogens is 1. The normalized spacial score (nSPS) is 25.4. The van der Waals surface area contributed by atoms with Gasteiger partial charge in [0, 0.05) is 35.4 Å². The summed E-state index contributed by atoms with van der Waals surface area (Å²) < 4.78 is 38.2. The van der Waals surface area contributed by atoms with Crippen LogP contribution in [0.15, 0.2) is 18.3 Å². The van der Waals surface area contributed by atoms with Gasteiger partial charge in [-0.25, -0.2) is 0 Å². The number of ketones is 1. The van der Waals surface area contributed by atoms with Crippen LogP contribution in [0.1, 0.15) is 33.0 Å². The highest BCUT2D eigenvalue weighted by molar-refractivity contribution is 7.20. The van der Waals surface area contributed by atoms with Gasteiger partial charge in [-0.2, -0.15) is 13.2 Å². The van der Waals surface area contributed by atoms with Crippen molar-refractivity contribution in [3.8, 4) is 0 Å². The van der Waals surface area contributed by atoms with Crippen molar-refractivity contribution in [2.45, 2.75) is 25.1 Å². The Balaban J connectivity index is 1.51. The fraction of sp³-hybridized carbons (Fsp3) is 0.471. The fourth-order valence-electron chi connectivity index (χ4n) is 3.73. The number of carbonyl (C=O) groups excluding carboxylic acids is 2. The summed E-state index contributed by atoms with van der Waals surface area (Å²) in [4.78, 5) is 29.8. The van der Waals surface area contributed by atoms with Crippen LogP contribution in [0.2, 0.25) is 0 Å². The van der Waals surface area contributed by atoms with Crippen LogP contribution >= 0.6 is 11.3 Å². The Morgan fingerprint density at radius 2 is 2.08 bits per heavy atom. The molecular formula is C17H16F3N3O2S. The summed E-state index contributed by atoms with van der Waals surface area (Å²) in [5.74, 6) is -1.61. The van der Waals surface area contributed by atoms with E-state index in [1.54, 1.807) is 0 Å². The molecule has 2 bridgehead atoms. The summed E-state index contributed by atoms with van der Waals surface area (Å²) in [5.41, 5.74) is 0.151. The molecule has 5 nitrogen and oxygen atoms in total. The van der Waals surface area contributed by atoms with Crippen molar-refractivity contribution in [3.63, 3.8) is 0 Å². The van der Waals surface area contributed by atoms with Crippen LogP contribution in [0.4, 0.5) is 13.2 Å². The number of thiophene rings is 1. The number of fused-ring (bicyclic) bond motifs is 3. The molecular weight excluding hydrogens is 367 g/mol. The molecule has 2 aliphatic heterocycles. The van der Waals surface area contributed by atoms with Crippen molar-refractivity contribution in [1.82, 2.24) is 15.2 Å². The van der Waals surface area contributed by atoms with Crippen molar-refractivity contribution >= 4 is 33.1 Å². The lowest BCUT2D eigenvalue weighted by atomic mass is 9.97. The number of Topliss-reactive ketones (excluding diaryl/α,β-unsaturated/α-hetero) is 1. The second kappa shape index (κ2) is 6.31. The van der Waals surface area contributed by atoms with Gasteiger partial charge < -0.3 is 10.2 Å². The standard InChI is InChI=1S/C17H16F3N3O2S/c18-17(19,20)15(24)14-4-10-6-21-12(5-13(10)26-14)16(25)22-11-3-9-1-2-23(7-9)8-11/h4-6,9,11H,1-3,7-8H2,(H,22,25). The van der Waals surface area contributed by atoms with Gasteiger partial charge in [0.15, 0.2) is 0 Å². The summed E-state index contributed by atoms with van der Waals surface area (Å²) in [6.07, 6.45) is -1.48. The predicted octanol–water partition coefficient (Wildman–Crippen LogP) is 2.87. The molecule has 3 atom stereocenters. The first-order chi connectivity index (χ1) is 12.3. The van der Waals surface area contributed by atoms with Gasteiger partial charge in [0.05, 0.1) is 4.88 Å². The molecule has 2 aromatic heterocycles. The Labute approximate surface area is 151 Å². The molecule has 2 aliphatic rings. The van der Waals surface area contributed by atoms with E-state index >= 15 is 0 Å². The van der Waals surface area contributed by atoms with Gasteiger partial charge in [0.2, 0.25) is 0 Å². The number of carbonyl (C=O) groups is 2. The number of piperidine rings is 1. The van der Waals surface area contributed by atoms with Crippen LogP contribution in [-0.4, -0.2) is 53.4 Å². The topological polar surface area (TPSA) is 62.3 Å². The Morgan fingerprint density at radius 3 is 2.81 bits per heavy atom. The summed E-state index contributed by atoms with van der Waals surface area (Å²) in [6.45, 7) is 2.96. The number of rotatable bonds is 3. The third-order valence-electron chi connectivity index (χ3n) is 4.92. The highest BCUT2D eigenvalue weighted by atomic mass is 32.1. The van der Waals surface area contributed by atoms with Gasteiger partial charge in [-0.1, -0.05) is 0 Å². The number of halogens is 3. The minimum atomic E-state index is -4.91. The van der Waals surface area contributed by atoms with E-state index in [2.05, 4.69) is 15.2 Å². The zero-order valence-corrected chi connectivity index (χ0v) is 14.5. The zero-order valence-electron chi connectivity index (χ0n) is 13.7. The number of nitrogens with one attached hydrogen (secondary N) is 1. The Kier molecular flexibility index (Phi) is 4.23. The maximum absolute atomic E-state index is 12.6. The quantitative estimate of drug-likeness (QED) is 0.828. The minimum Gasteiger partial charge on any atom is -0.347 e. The lowest BCUT2D eigenvalue weighted by Gasteiger charge is -2.30. The monoisotopic (exact) mass is 383 g/mol. The molecule has 0 aromatic carbocycles. The van der Waals surface area contributed by atoms with Gasteiger partial charge in [-0.3, -0.25) is 14.6 Å². The van der Waals surface area contributed by atoms with Gasteiger partial charge in [0.1, 0.15) is 5.69 Å². The van der Waals surface area contributed by atoms with Gasteiger partial charge in [-0.15, -0.1) is 11.3 Å². The molecule has 2 saturated heterocycles. The van der Waals surface area contributed by atoms with Gasteiger partial charge in [-0.05, 0) is 37.4 Å². The first-order valence-electron chi connectivity index (χ1n) is 8.34. The van der Waals surface area contributed by atoms with Crippen LogP contribution in [-0.2, 0) is 0 Å². The first-order valence-corrected chi connectivity index (χ1v) is 9.15. The van der Waals surface area contributed by atoms with Crippen LogP contribution < -0.4 is 5.32 Å². The number of amides is 1. The third kappa shape index (κ3) is 3.33. The second-order valence-electron chi connectivity index (χ2n) is 6.87. The second-order valence-corrected chi connectivity index (χ2v) is 7.95. The molecule has 138 valence electrons. The largest absolute Gasteiger partial charge is 0.455 e. The number of alkyl halides is 3. The van der Waals surface area contributed by atoms with Gasteiger partial charge in [0.25, 0.3) is 11.7 Å². The van der Waals surface area contributed by atoms with Crippen molar-refractivity contribution in [3.05, 3.63) is 28.9 Å². The van der Waals surface area contributed by atoms with E-state index in [1.807, 2.05) is 0 Å². The maximum atomic E-state index is 12.6. The van der Waals surface area contributed by atoms with Gasteiger partial charge >= 0.3 is 6.18 Å². The zero-order chi connectivity index (χ0) is 18.5. The Hall–Kier alpha value is -2.00. The van der Waals surface area contributed by atoms with E-state index in [1.165, 1.54) is 12.3 Å². The average Bonchev–Trinajstić information content (AvgIpc) is 3.15. The number of pyridine rings is 1. The Bertz CT molecular complexity index is 868. The first kappa shape index (κ1) is 17.4. The molecule has 0 saturated carbocycles. The third-order valence-corrected chi connectivity index (χ3v) is 6.01. The highest BCUT2D eigenvalue weighted by Gasteiger charge is 2.40. The summed E-state index contributed by atoms with van der Waals surface area (Å²) in [5, 5.41) is 3.39. The van der Waals surface area contributed by atoms with Crippen molar-refractivity contribution < 1.29 is 22.8 Å². The average molecular weight is 383 g/mol. The van der Waals surface area contributed by atoms with Crippen LogP contribution in [0, 0.1) is 5.92 Å². The number of nitrogens with zero attached hydrogens (tertiary/aromatic N) is 2. The molecule has 0 aliphatic carbocycles. The summed E-state index contributed by atoms with van der Waals surface area (Å²) in [7, 11) is 0. The Morgan fingerprint density at radius 1 is 1.27 bits per heavy atom. The molecule has 1 N–H and O–H groups in total.